The summed E-state index contributed by atoms with van der Waals surface area (Å²) in [5, 5.41) is 7.22. The number of sulfonamides is 1. The van der Waals surface area contributed by atoms with Gasteiger partial charge in [-0.2, -0.15) is 4.72 Å². The molecule has 168 valence electrons. The molecule has 3 rings (SSSR count). The average molecular weight is 474 g/mol. The van der Waals surface area contributed by atoms with E-state index >= 15 is 0 Å². The van der Waals surface area contributed by atoms with Gasteiger partial charge in [0, 0.05) is 12.6 Å². The zero-order valence-corrected chi connectivity index (χ0v) is 19.4. The number of rotatable bonds is 7. The van der Waals surface area contributed by atoms with E-state index in [0.717, 1.165) is 10.8 Å². The molecule has 0 radical (unpaired) electrons. The zero-order chi connectivity index (χ0) is 23.5. The number of hydrogen-bond donors (Lipinski definition) is 3. The molecule has 32 heavy (non-hydrogen) atoms. The predicted octanol–water partition coefficient (Wildman–Crippen LogP) is 4.39. The summed E-state index contributed by atoms with van der Waals surface area (Å²) in [5.41, 5.74) is 0.791. The van der Waals surface area contributed by atoms with Crippen molar-refractivity contribution in [2.24, 2.45) is 5.92 Å². The lowest BCUT2D eigenvalue weighted by Crippen LogP contribution is -2.47. The fourth-order valence-electron chi connectivity index (χ4n) is 3.17. The SMILES string of the molecule is CC(=O)Nc1ccc(NC(=O)[C@H](NS(=O)(=O)c2ccc3ccccc3c2)C(C)C)cc1Cl. The first-order valence-electron chi connectivity index (χ1n) is 9.96. The lowest BCUT2D eigenvalue weighted by atomic mass is 10.0. The van der Waals surface area contributed by atoms with Gasteiger partial charge in [-0.25, -0.2) is 8.42 Å². The average Bonchev–Trinajstić information content (AvgIpc) is 2.73. The van der Waals surface area contributed by atoms with Gasteiger partial charge in [-0.3, -0.25) is 9.59 Å². The van der Waals surface area contributed by atoms with E-state index < -0.39 is 22.0 Å². The van der Waals surface area contributed by atoms with E-state index in [0.29, 0.717) is 11.4 Å². The molecule has 0 saturated heterocycles. The molecule has 0 saturated carbocycles. The van der Waals surface area contributed by atoms with Crippen LogP contribution in [0.25, 0.3) is 10.8 Å². The van der Waals surface area contributed by atoms with Crippen molar-refractivity contribution in [3.05, 3.63) is 65.7 Å². The minimum Gasteiger partial charge on any atom is -0.325 e. The Bertz CT molecular complexity index is 1280. The van der Waals surface area contributed by atoms with Crippen LogP contribution in [0.15, 0.2) is 65.6 Å². The van der Waals surface area contributed by atoms with Crippen LogP contribution in [0.2, 0.25) is 5.02 Å². The standard InChI is InChI=1S/C23H24ClN3O4S/c1-14(2)22(23(29)26-18-9-11-21(20(24)13-18)25-15(3)28)27-32(30,31)19-10-8-16-6-4-5-7-17(16)12-19/h4-14,22,27H,1-3H3,(H,25,28)(H,26,29)/t22-/m1/s1. The second kappa shape index (κ2) is 9.68. The van der Waals surface area contributed by atoms with Gasteiger partial charge >= 0.3 is 0 Å². The molecular weight excluding hydrogens is 450 g/mol. The fraction of sp³-hybridized carbons (Fsp3) is 0.217. The first-order chi connectivity index (χ1) is 15.1. The van der Waals surface area contributed by atoms with Gasteiger partial charge in [-0.05, 0) is 47.0 Å². The van der Waals surface area contributed by atoms with Gasteiger partial charge in [-0.1, -0.05) is 55.8 Å². The molecule has 3 aromatic rings. The fourth-order valence-corrected chi connectivity index (χ4v) is 4.77. The summed E-state index contributed by atoms with van der Waals surface area (Å²) in [6.07, 6.45) is 0. The summed E-state index contributed by atoms with van der Waals surface area (Å²) in [7, 11) is -3.95. The van der Waals surface area contributed by atoms with Crippen LogP contribution >= 0.6 is 11.6 Å². The molecule has 0 bridgehead atoms. The van der Waals surface area contributed by atoms with Crippen molar-refractivity contribution in [3.8, 4) is 0 Å². The maximum absolute atomic E-state index is 13.0. The molecule has 9 heteroatoms. The minimum absolute atomic E-state index is 0.0809. The van der Waals surface area contributed by atoms with Crippen LogP contribution in [-0.2, 0) is 19.6 Å². The number of amides is 2. The number of anilines is 2. The van der Waals surface area contributed by atoms with Crippen molar-refractivity contribution >= 4 is 55.6 Å². The maximum atomic E-state index is 13.0. The van der Waals surface area contributed by atoms with E-state index in [2.05, 4.69) is 15.4 Å². The van der Waals surface area contributed by atoms with Crippen LogP contribution in [0.4, 0.5) is 11.4 Å². The number of fused-ring (bicyclic) bond motifs is 1. The number of carbonyl (C=O) groups is 2. The Balaban J connectivity index is 1.80. The number of hydrogen-bond acceptors (Lipinski definition) is 4. The number of nitrogens with one attached hydrogen (secondary N) is 3. The van der Waals surface area contributed by atoms with Gasteiger partial charge in [0.25, 0.3) is 0 Å². The van der Waals surface area contributed by atoms with Crippen molar-refractivity contribution in [2.45, 2.75) is 31.7 Å². The maximum Gasteiger partial charge on any atom is 0.242 e. The van der Waals surface area contributed by atoms with Crippen molar-refractivity contribution in [1.82, 2.24) is 4.72 Å². The second-order valence-corrected chi connectivity index (χ2v) is 9.84. The highest BCUT2D eigenvalue weighted by molar-refractivity contribution is 7.89. The van der Waals surface area contributed by atoms with E-state index in [-0.39, 0.29) is 21.7 Å². The first-order valence-corrected chi connectivity index (χ1v) is 11.8. The molecule has 3 N–H and O–H groups in total. The number of halogens is 1. The Kier molecular flexibility index (Phi) is 7.18. The smallest absolute Gasteiger partial charge is 0.242 e. The molecule has 7 nitrogen and oxygen atoms in total. The normalized spacial score (nSPS) is 12.5. The molecule has 0 fully saturated rings. The molecule has 0 spiro atoms. The Morgan fingerprint density at radius 1 is 0.906 bits per heavy atom. The highest BCUT2D eigenvalue weighted by Crippen LogP contribution is 2.26. The number of carbonyl (C=O) groups excluding carboxylic acids is 2. The van der Waals surface area contributed by atoms with Crippen molar-refractivity contribution in [3.63, 3.8) is 0 Å². The van der Waals surface area contributed by atoms with E-state index in [1.165, 1.54) is 19.1 Å². The van der Waals surface area contributed by atoms with Crippen LogP contribution in [0, 0.1) is 5.92 Å². The molecule has 0 aliphatic heterocycles. The third-order valence-electron chi connectivity index (χ3n) is 4.81. The summed E-state index contributed by atoms with van der Waals surface area (Å²) >= 11 is 6.16. The third kappa shape index (κ3) is 5.64. The lowest BCUT2D eigenvalue weighted by molar-refractivity contribution is -0.118. The highest BCUT2D eigenvalue weighted by atomic mass is 35.5. The summed E-state index contributed by atoms with van der Waals surface area (Å²) in [6.45, 7) is 4.86. The monoisotopic (exact) mass is 473 g/mol. The van der Waals surface area contributed by atoms with E-state index in [1.807, 2.05) is 24.3 Å². The van der Waals surface area contributed by atoms with E-state index in [4.69, 9.17) is 11.6 Å². The molecule has 0 aromatic heterocycles. The Morgan fingerprint density at radius 3 is 2.22 bits per heavy atom. The molecular formula is C23H24ClN3O4S. The highest BCUT2D eigenvalue weighted by Gasteiger charge is 2.28. The lowest BCUT2D eigenvalue weighted by Gasteiger charge is -2.22. The Hall–Kier alpha value is -2.94. The van der Waals surface area contributed by atoms with Crippen molar-refractivity contribution < 1.29 is 18.0 Å². The molecule has 0 unspecified atom stereocenters. The van der Waals surface area contributed by atoms with Crippen LogP contribution in [-0.4, -0.2) is 26.3 Å². The second-order valence-electron chi connectivity index (χ2n) is 7.72. The minimum atomic E-state index is -3.95. The van der Waals surface area contributed by atoms with Gasteiger partial charge in [0.2, 0.25) is 21.8 Å². The zero-order valence-electron chi connectivity index (χ0n) is 17.8. The van der Waals surface area contributed by atoms with Gasteiger partial charge in [0.15, 0.2) is 0 Å². The molecule has 2 amide bonds. The molecule has 0 aliphatic rings. The molecule has 3 aromatic carbocycles. The molecule has 0 aliphatic carbocycles. The van der Waals surface area contributed by atoms with Gasteiger partial charge in [-0.15, -0.1) is 0 Å². The van der Waals surface area contributed by atoms with Gasteiger partial charge < -0.3 is 10.6 Å². The van der Waals surface area contributed by atoms with Gasteiger partial charge in [0.05, 0.1) is 15.6 Å². The van der Waals surface area contributed by atoms with Crippen molar-refractivity contribution in [1.29, 1.82) is 0 Å². The number of benzene rings is 3. The predicted molar refractivity (Wildman–Crippen MR) is 127 cm³/mol. The Labute approximate surface area is 192 Å². The Morgan fingerprint density at radius 2 is 1.59 bits per heavy atom. The van der Waals surface area contributed by atoms with E-state index in [9.17, 15) is 18.0 Å². The third-order valence-corrected chi connectivity index (χ3v) is 6.56. The van der Waals surface area contributed by atoms with Crippen LogP contribution in [0.3, 0.4) is 0 Å². The van der Waals surface area contributed by atoms with Crippen molar-refractivity contribution in [2.75, 3.05) is 10.6 Å². The molecule has 1 atom stereocenters. The summed E-state index contributed by atoms with van der Waals surface area (Å²) in [6, 6.07) is 15.9. The van der Waals surface area contributed by atoms with Crippen LogP contribution in [0.1, 0.15) is 20.8 Å². The largest absolute Gasteiger partial charge is 0.325 e. The quantitative estimate of drug-likeness (QED) is 0.473. The summed E-state index contributed by atoms with van der Waals surface area (Å²) in [4.78, 5) is 24.2. The summed E-state index contributed by atoms with van der Waals surface area (Å²) < 4.78 is 28.5. The first kappa shape index (κ1) is 23.7. The van der Waals surface area contributed by atoms with Crippen LogP contribution in [0.5, 0.6) is 0 Å². The molecule has 0 heterocycles. The van der Waals surface area contributed by atoms with Crippen LogP contribution < -0.4 is 15.4 Å². The van der Waals surface area contributed by atoms with Gasteiger partial charge in [0.1, 0.15) is 6.04 Å². The topological polar surface area (TPSA) is 104 Å². The van der Waals surface area contributed by atoms with E-state index in [1.54, 1.807) is 38.1 Å². The summed E-state index contributed by atoms with van der Waals surface area (Å²) in [5.74, 6) is -1.11.